The Morgan fingerprint density at radius 2 is 1.84 bits per heavy atom. The summed E-state index contributed by atoms with van der Waals surface area (Å²) in [5.74, 6) is 0. The van der Waals surface area contributed by atoms with Crippen LogP contribution in [-0.2, 0) is 0 Å². The molecular formula is C19H21ClN4O. The number of nitrogens with one attached hydrogen (secondary N) is 1. The number of hydrogen-bond donors (Lipinski definition) is 1. The molecule has 1 aliphatic rings. The van der Waals surface area contributed by atoms with Gasteiger partial charge in [0, 0.05) is 24.8 Å². The average molecular weight is 357 g/mol. The van der Waals surface area contributed by atoms with Crippen molar-refractivity contribution >= 4 is 28.2 Å². The Hall–Kier alpha value is -2.27. The van der Waals surface area contributed by atoms with Gasteiger partial charge in [-0.1, -0.05) is 29.8 Å². The fraction of sp³-hybridized carbons (Fsp3) is 0.368. The molecule has 6 heteroatoms. The van der Waals surface area contributed by atoms with Crippen LogP contribution in [0.2, 0.25) is 5.02 Å². The molecule has 1 fully saturated rings. The van der Waals surface area contributed by atoms with Crippen LogP contribution in [0.4, 0.5) is 5.69 Å². The zero-order valence-corrected chi connectivity index (χ0v) is 14.9. The number of rotatable bonds is 3. The van der Waals surface area contributed by atoms with Crippen LogP contribution >= 0.6 is 11.6 Å². The fourth-order valence-corrected chi connectivity index (χ4v) is 4.11. The van der Waals surface area contributed by atoms with E-state index in [1.165, 1.54) is 10.9 Å². The van der Waals surface area contributed by atoms with E-state index >= 15 is 0 Å². The molecule has 0 saturated heterocycles. The Bertz CT molecular complexity index is 953. The summed E-state index contributed by atoms with van der Waals surface area (Å²) in [6.07, 6.45) is 7.73. The Balaban J connectivity index is 1.54. The maximum absolute atomic E-state index is 12.5. The molecule has 1 aliphatic carbocycles. The Labute approximate surface area is 151 Å². The maximum Gasteiger partial charge on any atom is 0.287 e. The topological polar surface area (TPSA) is 51.9 Å². The van der Waals surface area contributed by atoms with Crippen molar-refractivity contribution in [2.45, 2.75) is 37.8 Å². The molecule has 25 heavy (non-hydrogen) atoms. The normalized spacial score (nSPS) is 20.7. The highest BCUT2D eigenvalue weighted by Crippen LogP contribution is 2.36. The molecule has 0 amide bonds. The summed E-state index contributed by atoms with van der Waals surface area (Å²) in [6, 6.07) is 11.2. The smallest absolute Gasteiger partial charge is 0.287 e. The summed E-state index contributed by atoms with van der Waals surface area (Å²) >= 11 is 6.15. The third kappa shape index (κ3) is 2.82. The lowest BCUT2D eigenvalue weighted by Gasteiger charge is -2.30. The summed E-state index contributed by atoms with van der Waals surface area (Å²) in [5.41, 5.74) is 1.65. The molecule has 0 spiro atoms. The first-order valence-electron chi connectivity index (χ1n) is 8.69. The van der Waals surface area contributed by atoms with E-state index < -0.39 is 0 Å². The highest BCUT2D eigenvalue weighted by molar-refractivity contribution is 6.32. The minimum Gasteiger partial charge on any atom is -0.385 e. The van der Waals surface area contributed by atoms with Gasteiger partial charge in [-0.15, -0.1) is 0 Å². The molecule has 130 valence electrons. The molecule has 0 aliphatic heterocycles. The van der Waals surface area contributed by atoms with Crippen LogP contribution in [0.25, 0.3) is 10.9 Å². The van der Waals surface area contributed by atoms with Gasteiger partial charge in [0.25, 0.3) is 5.56 Å². The number of hydrogen-bond acceptors (Lipinski definition) is 3. The fourth-order valence-electron chi connectivity index (χ4n) is 3.88. The molecule has 0 bridgehead atoms. The average Bonchev–Trinajstić information content (AvgIpc) is 3.08. The minimum absolute atomic E-state index is 0.119. The van der Waals surface area contributed by atoms with E-state index in [9.17, 15) is 4.79 Å². The van der Waals surface area contributed by atoms with E-state index in [1.807, 2.05) is 0 Å². The lowest BCUT2D eigenvalue weighted by molar-refractivity contribution is 0.258. The van der Waals surface area contributed by atoms with Gasteiger partial charge >= 0.3 is 0 Å². The first-order valence-corrected chi connectivity index (χ1v) is 9.07. The summed E-state index contributed by atoms with van der Waals surface area (Å²) < 4.78 is 3.94. The SMILES string of the molecule is CNc1cnn(C2CCC(n3ccc4ccccc43)CC2)c(=O)c1Cl. The van der Waals surface area contributed by atoms with Crippen molar-refractivity contribution < 1.29 is 0 Å². The highest BCUT2D eigenvalue weighted by Gasteiger charge is 2.26. The van der Waals surface area contributed by atoms with Crippen molar-refractivity contribution in [1.82, 2.24) is 14.3 Å². The zero-order chi connectivity index (χ0) is 17.4. The summed E-state index contributed by atoms with van der Waals surface area (Å²) in [4.78, 5) is 12.5. The van der Waals surface area contributed by atoms with E-state index in [0.29, 0.717) is 11.7 Å². The summed E-state index contributed by atoms with van der Waals surface area (Å²) in [5, 5.41) is 8.71. The Kier molecular flexibility index (Phi) is 4.25. The first-order chi connectivity index (χ1) is 12.2. The van der Waals surface area contributed by atoms with E-state index in [2.05, 4.69) is 51.5 Å². The van der Waals surface area contributed by atoms with E-state index in [-0.39, 0.29) is 16.6 Å². The number of halogens is 1. The molecule has 1 aromatic carbocycles. The van der Waals surface area contributed by atoms with E-state index in [4.69, 9.17) is 11.6 Å². The molecule has 0 unspecified atom stereocenters. The van der Waals surface area contributed by atoms with Gasteiger partial charge < -0.3 is 9.88 Å². The molecule has 0 radical (unpaired) electrons. The molecule has 4 rings (SSSR count). The lowest BCUT2D eigenvalue weighted by Crippen LogP contribution is -2.31. The van der Waals surface area contributed by atoms with Crippen molar-refractivity contribution in [1.29, 1.82) is 0 Å². The van der Waals surface area contributed by atoms with Crippen molar-refractivity contribution in [3.63, 3.8) is 0 Å². The number of para-hydroxylation sites is 1. The van der Waals surface area contributed by atoms with Crippen LogP contribution in [0.1, 0.15) is 37.8 Å². The molecule has 3 aromatic rings. The van der Waals surface area contributed by atoms with Gasteiger partial charge in [-0.2, -0.15) is 5.10 Å². The number of benzene rings is 1. The van der Waals surface area contributed by atoms with Crippen LogP contribution < -0.4 is 10.9 Å². The lowest BCUT2D eigenvalue weighted by atomic mass is 9.91. The van der Waals surface area contributed by atoms with Crippen molar-refractivity contribution in [2.75, 3.05) is 12.4 Å². The number of nitrogens with zero attached hydrogens (tertiary/aromatic N) is 3. The second-order valence-electron chi connectivity index (χ2n) is 6.62. The predicted molar refractivity (Wildman–Crippen MR) is 102 cm³/mol. The highest BCUT2D eigenvalue weighted by atomic mass is 35.5. The molecule has 1 saturated carbocycles. The van der Waals surface area contributed by atoms with Gasteiger partial charge in [-0.05, 0) is 43.2 Å². The van der Waals surface area contributed by atoms with Crippen molar-refractivity contribution in [2.24, 2.45) is 0 Å². The predicted octanol–water partition coefficient (Wildman–Crippen LogP) is 4.25. The number of aromatic nitrogens is 3. The van der Waals surface area contributed by atoms with Crippen molar-refractivity contribution in [3.05, 3.63) is 58.1 Å². The van der Waals surface area contributed by atoms with Gasteiger partial charge in [-0.25, -0.2) is 4.68 Å². The van der Waals surface area contributed by atoms with Gasteiger partial charge in [0.05, 0.1) is 17.9 Å². The third-order valence-electron chi connectivity index (χ3n) is 5.25. The second-order valence-corrected chi connectivity index (χ2v) is 6.99. The van der Waals surface area contributed by atoms with Gasteiger partial charge in [0.1, 0.15) is 5.02 Å². The number of fused-ring (bicyclic) bond motifs is 1. The first kappa shape index (κ1) is 16.2. The third-order valence-corrected chi connectivity index (χ3v) is 5.61. The Morgan fingerprint density at radius 1 is 1.12 bits per heavy atom. The van der Waals surface area contributed by atoms with Crippen LogP contribution in [0, 0.1) is 0 Å². The molecule has 1 N–H and O–H groups in total. The molecule has 2 heterocycles. The zero-order valence-electron chi connectivity index (χ0n) is 14.2. The van der Waals surface area contributed by atoms with Crippen LogP contribution in [-0.4, -0.2) is 21.4 Å². The van der Waals surface area contributed by atoms with Crippen LogP contribution in [0.3, 0.4) is 0 Å². The minimum atomic E-state index is -0.205. The molecule has 5 nitrogen and oxygen atoms in total. The summed E-state index contributed by atoms with van der Waals surface area (Å²) in [7, 11) is 1.74. The van der Waals surface area contributed by atoms with Gasteiger partial charge in [0.15, 0.2) is 0 Å². The molecule has 0 atom stereocenters. The second kappa shape index (κ2) is 6.56. The standard InChI is InChI=1S/C19H21ClN4O/c1-21-16-12-22-24(19(25)18(16)20)15-8-6-14(7-9-15)23-11-10-13-4-2-3-5-17(13)23/h2-5,10-12,14-15,21H,6-9H2,1H3. The monoisotopic (exact) mass is 356 g/mol. The largest absolute Gasteiger partial charge is 0.385 e. The summed E-state index contributed by atoms with van der Waals surface area (Å²) in [6.45, 7) is 0. The molecular weight excluding hydrogens is 336 g/mol. The van der Waals surface area contributed by atoms with E-state index in [1.54, 1.807) is 17.9 Å². The molecule has 2 aromatic heterocycles. The quantitative estimate of drug-likeness (QED) is 0.763. The Morgan fingerprint density at radius 3 is 2.60 bits per heavy atom. The van der Waals surface area contributed by atoms with Crippen molar-refractivity contribution in [3.8, 4) is 0 Å². The number of anilines is 1. The van der Waals surface area contributed by atoms with E-state index in [0.717, 1.165) is 25.7 Å². The van der Waals surface area contributed by atoms with Gasteiger partial charge in [0.2, 0.25) is 0 Å². The van der Waals surface area contributed by atoms with Gasteiger partial charge in [-0.3, -0.25) is 4.79 Å². The van der Waals surface area contributed by atoms with Crippen LogP contribution in [0.5, 0.6) is 0 Å². The maximum atomic E-state index is 12.5. The van der Waals surface area contributed by atoms with Crippen LogP contribution in [0.15, 0.2) is 47.5 Å².